The molecule has 0 aliphatic rings. The number of rotatable bonds is 9. The van der Waals surface area contributed by atoms with Crippen LogP contribution in [0.4, 0.5) is 10.1 Å². The van der Waals surface area contributed by atoms with Gasteiger partial charge in [0.15, 0.2) is 5.82 Å². The lowest BCUT2D eigenvalue weighted by Crippen LogP contribution is -2.11. The highest BCUT2D eigenvalue weighted by Crippen LogP contribution is 2.26. The maximum Gasteiger partial charge on any atom is 0.336 e. The highest BCUT2D eigenvalue weighted by molar-refractivity contribution is 6.30. The normalized spacial score (nSPS) is 10.8. The summed E-state index contributed by atoms with van der Waals surface area (Å²) in [6.45, 7) is 3.13. The van der Waals surface area contributed by atoms with Crippen molar-refractivity contribution in [3.8, 4) is 23.1 Å². The van der Waals surface area contributed by atoms with E-state index in [2.05, 4.69) is 15.4 Å². The lowest BCUT2D eigenvalue weighted by atomic mass is 10.2. The minimum absolute atomic E-state index is 0.109. The number of nitrogens with one attached hydrogen (secondary N) is 1. The fourth-order valence-electron chi connectivity index (χ4n) is 3.18. The summed E-state index contributed by atoms with van der Waals surface area (Å²) in [5.41, 5.74) is 1.98. The molecule has 1 amide bonds. The maximum atomic E-state index is 14.5. The van der Waals surface area contributed by atoms with Gasteiger partial charge >= 0.3 is 6.01 Å². The average Bonchev–Trinajstić information content (AvgIpc) is 3.27. The molecular formula is C25H22ClFN4O3. The Balaban J connectivity index is 1.58. The first-order chi connectivity index (χ1) is 16.5. The van der Waals surface area contributed by atoms with Gasteiger partial charge in [-0.15, -0.1) is 5.10 Å². The number of carbonyl (C=O) groups is 1. The van der Waals surface area contributed by atoms with Gasteiger partial charge in [0.05, 0.1) is 17.9 Å². The van der Waals surface area contributed by atoms with Crippen molar-refractivity contribution in [2.45, 2.75) is 6.92 Å². The fourth-order valence-corrected chi connectivity index (χ4v) is 3.30. The summed E-state index contributed by atoms with van der Waals surface area (Å²) in [6.07, 6.45) is 0. The molecule has 4 rings (SSSR count). The molecule has 4 aromatic rings. The summed E-state index contributed by atoms with van der Waals surface area (Å²) in [5.74, 6) is -0.395. The minimum Gasteiger partial charge on any atom is -0.460 e. The van der Waals surface area contributed by atoms with Crippen molar-refractivity contribution in [3.05, 3.63) is 89.2 Å². The van der Waals surface area contributed by atoms with Gasteiger partial charge in [-0.05, 0) is 67.6 Å². The average molecular weight is 481 g/mol. The lowest BCUT2D eigenvalue weighted by Gasteiger charge is -2.09. The number of halogens is 2. The molecular weight excluding hydrogens is 459 g/mol. The SMILES string of the molecule is CCOCCOc1nc(-c2ccccc2F)n(-c2ccc(NC(=O)c3ccc(Cl)cc3)cc2)n1. The predicted octanol–water partition coefficient (Wildman–Crippen LogP) is 5.39. The Morgan fingerprint density at radius 2 is 1.76 bits per heavy atom. The number of aromatic nitrogens is 3. The highest BCUT2D eigenvalue weighted by atomic mass is 35.5. The molecule has 0 aliphatic carbocycles. The number of hydrogen-bond donors (Lipinski definition) is 1. The van der Waals surface area contributed by atoms with E-state index in [9.17, 15) is 9.18 Å². The molecule has 3 aromatic carbocycles. The number of amides is 1. The van der Waals surface area contributed by atoms with Gasteiger partial charge in [0.25, 0.3) is 5.91 Å². The third-order valence-electron chi connectivity index (χ3n) is 4.84. The van der Waals surface area contributed by atoms with E-state index in [1.54, 1.807) is 66.7 Å². The quantitative estimate of drug-likeness (QED) is 0.325. The van der Waals surface area contributed by atoms with Gasteiger partial charge in [0, 0.05) is 22.9 Å². The Hall–Kier alpha value is -3.75. The van der Waals surface area contributed by atoms with E-state index >= 15 is 0 Å². The topological polar surface area (TPSA) is 78.3 Å². The van der Waals surface area contributed by atoms with Gasteiger partial charge in [0.1, 0.15) is 12.4 Å². The zero-order chi connectivity index (χ0) is 23.9. The summed E-state index contributed by atoms with van der Waals surface area (Å²) >= 11 is 5.88. The molecule has 1 aromatic heterocycles. The standard InChI is InChI=1S/C25H22ClFN4O3/c1-2-33-15-16-34-25-29-23(21-5-3-4-6-22(21)27)31(30-25)20-13-11-19(12-14-20)28-24(32)17-7-9-18(26)10-8-17/h3-14H,2,15-16H2,1H3,(H,28,32). The number of nitrogens with zero attached hydrogens (tertiary/aromatic N) is 3. The fraction of sp³-hybridized carbons (Fsp3) is 0.160. The molecule has 0 saturated heterocycles. The maximum absolute atomic E-state index is 14.5. The van der Waals surface area contributed by atoms with Crippen LogP contribution in [0, 0.1) is 5.82 Å². The minimum atomic E-state index is -0.427. The summed E-state index contributed by atoms with van der Waals surface area (Å²) in [4.78, 5) is 16.8. The van der Waals surface area contributed by atoms with E-state index in [1.165, 1.54) is 10.7 Å². The van der Waals surface area contributed by atoms with Crippen LogP contribution in [0.25, 0.3) is 17.1 Å². The van der Waals surface area contributed by atoms with E-state index < -0.39 is 5.82 Å². The van der Waals surface area contributed by atoms with Gasteiger partial charge in [-0.3, -0.25) is 4.79 Å². The lowest BCUT2D eigenvalue weighted by molar-refractivity contribution is 0.102. The first-order valence-corrected chi connectivity index (χ1v) is 11.0. The Morgan fingerprint density at radius 1 is 1.03 bits per heavy atom. The Bertz CT molecular complexity index is 1260. The van der Waals surface area contributed by atoms with Crippen LogP contribution in [-0.4, -0.2) is 40.5 Å². The molecule has 1 heterocycles. The first-order valence-electron chi connectivity index (χ1n) is 10.6. The van der Waals surface area contributed by atoms with Crippen molar-refractivity contribution in [2.75, 3.05) is 25.1 Å². The molecule has 0 bridgehead atoms. The molecule has 0 spiro atoms. The number of ether oxygens (including phenoxy) is 2. The van der Waals surface area contributed by atoms with Crippen LogP contribution in [0.2, 0.25) is 5.02 Å². The molecule has 9 heteroatoms. The van der Waals surface area contributed by atoms with Crippen molar-refractivity contribution in [2.24, 2.45) is 0 Å². The second-order valence-electron chi connectivity index (χ2n) is 7.16. The molecule has 34 heavy (non-hydrogen) atoms. The first kappa shape index (κ1) is 23.4. The number of anilines is 1. The second-order valence-corrected chi connectivity index (χ2v) is 7.60. The monoisotopic (exact) mass is 480 g/mol. The van der Waals surface area contributed by atoms with Crippen LogP contribution in [0.3, 0.4) is 0 Å². The number of benzene rings is 3. The van der Waals surface area contributed by atoms with Gasteiger partial charge in [0.2, 0.25) is 0 Å². The van der Waals surface area contributed by atoms with Crippen molar-refractivity contribution in [1.29, 1.82) is 0 Å². The zero-order valence-corrected chi connectivity index (χ0v) is 19.1. The Labute approximate surface area is 201 Å². The Morgan fingerprint density at radius 3 is 2.47 bits per heavy atom. The van der Waals surface area contributed by atoms with Gasteiger partial charge < -0.3 is 14.8 Å². The smallest absolute Gasteiger partial charge is 0.336 e. The van der Waals surface area contributed by atoms with E-state index in [1.807, 2.05) is 6.92 Å². The summed E-state index contributed by atoms with van der Waals surface area (Å²) in [5, 5.41) is 7.79. The third kappa shape index (κ3) is 5.59. The van der Waals surface area contributed by atoms with Crippen LogP contribution in [0.5, 0.6) is 6.01 Å². The van der Waals surface area contributed by atoms with Gasteiger partial charge in [-0.1, -0.05) is 23.7 Å². The van der Waals surface area contributed by atoms with Crippen LogP contribution < -0.4 is 10.1 Å². The molecule has 7 nitrogen and oxygen atoms in total. The Kier molecular flexibility index (Phi) is 7.51. The van der Waals surface area contributed by atoms with E-state index in [0.29, 0.717) is 41.0 Å². The largest absolute Gasteiger partial charge is 0.460 e. The molecule has 1 N–H and O–H groups in total. The van der Waals surface area contributed by atoms with E-state index in [-0.39, 0.29) is 24.1 Å². The van der Waals surface area contributed by atoms with Crippen molar-refractivity contribution < 1.29 is 18.7 Å². The van der Waals surface area contributed by atoms with Gasteiger partial charge in [-0.2, -0.15) is 4.98 Å². The summed E-state index contributed by atoms with van der Waals surface area (Å²) in [7, 11) is 0. The molecule has 0 radical (unpaired) electrons. The van der Waals surface area contributed by atoms with Crippen LogP contribution in [-0.2, 0) is 4.74 Å². The van der Waals surface area contributed by atoms with Crippen molar-refractivity contribution >= 4 is 23.2 Å². The molecule has 0 saturated carbocycles. The van der Waals surface area contributed by atoms with E-state index in [4.69, 9.17) is 21.1 Å². The predicted molar refractivity (Wildman–Crippen MR) is 128 cm³/mol. The second kappa shape index (κ2) is 10.9. The molecule has 0 atom stereocenters. The van der Waals surface area contributed by atoms with Crippen molar-refractivity contribution in [3.63, 3.8) is 0 Å². The number of carbonyl (C=O) groups excluding carboxylic acids is 1. The summed E-state index contributed by atoms with van der Waals surface area (Å²) < 4.78 is 26.9. The number of hydrogen-bond acceptors (Lipinski definition) is 5. The van der Waals surface area contributed by atoms with Crippen molar-refractivity contribution in [1.82, 2.24) is 14.8 Å². The van der Waals surface area contributed by atoms with Crippen LogP contribution >= 0.6 is 11.6 Å². The molecule has 0 unspecified atom stereocenters. The zero-order valence-electron chi connectivity index (χ0n) is 18.4. The third-order valence-corrected chi connectivity index (χ3v) is 5.09. The molecule has 0 aliphatic heterocycles. The molecule has 0 fully saturated rings. The molecule has 174 valence electrons. The highest BCUT2D eigenvalue weighted by Gasteiger charge is 2.18. The van der Waals surface area contributed by atoms with E-state index in [0.717, 1.165) is 0 Å². The van der Waals surface area contributed by atoms with Crippen LogP contribution in [0.15, 0.2) is 72.8 Å². The van der Waals surface area contributed by atoms with Crippen LogP contribution in [0.1, 0.15) is 17.3 Å². The summed E-state index contributed by atoms with van der Waals surface area (Å²) in [6, 6.07) is 20.0. The van der Waals surface area contributed by atoms with Gasteiger partial charge in [-0.25, -0.2) is 9.07 Å².